The molecular formula is C19H27N5O2S. The SMILES string of the molecule is CC(C)Oc1ccc(CCNC(=O)CSc2nnnn2C2CCCC2)cc1. The number of thioether (sulfide) groups is 1. The standard InChI is InChI=1S/C19H27N5O2S/c1-14(2)26-17-9-7-15(8-10-17)11-12-20-18(25)13-27-19-21-22-23-24(19)16-5-3-4-6-16/h7-10,14,16H,3-6,11-13H2,1-2H3,(H,20,25). The lowest BCUT2D eigenvalue weighted by Crippen LogP contribution is -2.27. The molecule has 1 saturated carbocycles. The van der Waals surface area contributed by atoms with Crippen molar-refractivity contribution in [1.29, 1.82) is 0 Å². The molecule has 0 atom stereocenters. The van der Waals surface area contributed by atoms with Crippen LogP contribution in [-0.2, 0) is 11.2 Å². The molecule has 0 aliphatic heterocycles. The molecular weight excluding hydrogens is 362 g/mol. The number of amides is 1. The van der Waals surface area contributed by atoms with Gasteiger partial charge in [0.25, 0.3) is 0 Å². The van der Waals surface area contributed by atoms with Gasteiger partial charge in [-0.05, 0) is 61.2 Å². The van der Waals surface area contributed by atoms with E-state index in [2.05, 4.69) is 20.8 Å². The second kappa shape index (κ2) is 9.73. The number of ether oxygens (including phenoxy) is 1. The monoisotopic (exact) mass is 389 g/mol. The van der Waals surface area contributed by atoms with Crippen LogP contribution in [0.25, 0.3) is 0 Å². The number of benzene rings is 1. The van der Waals surface area contributed by atoms with Gasteiger partial charge in [-0.25, -0.2) is 4.68 Å². The Morgan fingerprint density at radius 1 is 1.30 bits per heavy atom. The van der Waals surface area contributed by atoms with Crippen LogP contribution in [0.2, 0.25) is 0 Å². The maximum absolute atomic E-state index is 12.1. The molecule has 2 aromatic rings. The van der Waals surface area contributed by atoms with Crippen molar-refractivity contribution in [3.05, 3.63) is 29.8 Å². The number of hydrogen-bond acceptors (Lipinski definition) is 6. The summed E-state index contributed by atoms with van der Waals surface area (Å²) in [7, 11) is 0. The number of nitrogens with one attached hydrogen (secondary N) is 1. The third-order valence-electron chi connectivity index (χ3n) is 4.50. The predicted octanol–water partition coefficient (Wildman–Crippen LogP) is 3.03. The van der Waals surface area contributed by atoms with Crippen molar-refractivity contribution in [2.45, 2.75) is 63.3 Å². The van der Waals surface area contributed by atoms with E-state index in [-0.39, 0.29) is 12.0 Å². The van der Waals surface area contributed by atoms with Crippen LogP contribution in [-0.4, -0.2) is 44.5 Å². The Kier molecular flexibility index (Phi) is 7.09. The maximum atomic E-state index is 12.1. The van der Waals surface area contributed by atoms with Crippen LogP contribution in [0.4, 0.5) is 0 Å². The third-order valence-corrected chi connectivity index (χ3v) is 5.43. The van der Waals surface area contributed by atoms with Crippen LogP contribution >= 0.6 is 11.8 Å². The molecule has 0 saturated heterocycles. The predicted molar refractivity (Wildman–Crippen MR) is 105 cm³/mol. The fourth-order valence-electron chi connectivity index (χ4n) is 3.19. The van der Waals surface area contributed by atoms with Gasteiger partial charge in [0.2, 0.25) is 11.1 Å². The Labute approximate surface area is 164 Å². The lowest BCUT2D eigenvalue weighted by molar-refractivity contribution is -0.118. The lowest BCUT2D eigenvalue weighted by Gasteiger charge is -2.11. The number of aromatic nitrogens is 4. The summed E-state index contributed by atoms with van der Waals surface area (Å²) in [5.41, 5.74) is 1.17. The van der Waals surface area contributed by atoms with Crippen molar-refractivity contribution < 1.29 is 9.53 Å². The number of rotatable bonds is 9. The summed E-state index contributed by atoms with van der Waals surface area (Å²) in [5, 5.41) is 15.6. The van der Waals surface area contributed by atoms with Gasteiger partial charge in [0.15, 0.2) is 0 Å². The van der Waals surface area contributed by atoms with Crippen LogP contribution in [0, 0.1) is 0 Å². The van der Waals surface area contributed by atoms with Crippen molar-refractivity contribution in [2.24, 2.45) is 0 Å². The number of carbonyl (C=O) groups excluding carboxylic acids is 1. The van der Waals surface area contributed by atoms with Gasteiger partial charge in [-0.1, -0.05) is 36.7 Å². The highest BCUT2D eigenvalue weighted by atomic mass is 32.2. The Morgan fingerprint density at radius 2 is 2.04 bits per heavy atom. The van der Waals surface area contributed by atoms with E-state index in [0.29, 0.717) is 18.3 Å². The van der Waals surface area contributed by atoms with Crippen LogP contribution in [0.5, 0.6) is 5.75 Å². The second-order valence-corrected chi connectivity index (χ2v) is 7.99. The first-order valence-electron chi connectivity index (χ1n) is 9.55. The van der Waals surface area contributed by atoms with E-state index in [4.69, 9.17) is 4.74 Å². The largest absolute Gasteiger partial charge is 0.491 e. The molecule has 8 heteroatoms. The molecule has 7 nitrogen and oxygen atoms in total. The Hall–Kier alpha value is -2.09. The van der Waals surface area contributed by atoms with Gasteiger partial charge in [0.05, 0.1) is 17.9 Å². The Bertz CT molecular complexity index is 726. The highest BCUT2D eigenvalue weighted by Crippen LogP contribution is 2.31. The minimum absolute atomic E-state index is 0.000679. The summed E-state index contributed by atoms with van der Waals surface area (Å²) in [5.74, 6) is 1.20. The molecule has 0 radical (unpaired) electrons. The summed E-state index contributed by atoms with van der Waals surface area (Å²) in [4.78, 5) is 12.1. The van der Waals surface area contributed by atoms with E-state index in [1.54, 1.807) is 0 Å². The summed E-state index contributed by atoms with van der Waals surface area (Å²) in [6.07, 6.45) is 5.64. The molecule has 1 aliphatic rings. The first-order chi connectivity index (χ1) is 13.1. The average Bonchev–Trinajstić information content (AvgIpc) is 3.32. The molecule has 0 bridgehead atoms. The van der Waals surface area contributed by atoms with Crippen LogP contribution in [0.15, 0.2) is 29.4 Å². The van der Waals surface area contributed by atoms with Gasteiger partial charge in [0, 0.05) is 6.54 Å². The van der Waals surface area contributed by atoms with Crippen molar-refractivity contribution in [3.8, 4) is 5.75 Å². The summed E-state index contributed by atoms with van der Waals surface area (Å²) < 4.78 is 7.52. The molecule has 0 unspecified atom stereocenters. The average molecular weight is 390 g/mol. The quantitative estimate of drug-likeness (QED) is 0.664. The molecule has 1 fully saturated rings. The molecule has 0 spiro atoms. The van der Waals surface area contributed by atoms with Gasteiger partial charge < -0.3 is 10.1 Å². The van der Waals surface area contributed by atoms with Gasteiger partial charge >= 0.3 is 0 Å². The van der Waals surface area contributed by atoms with Crippen LogP contribution in [0.1, 0.15) is 51.1 Å². The fourth-order valence-corrected chi connectivity index (χ4v) is 3.97. The topological polar surface area (TPSA) is 81.9 Å². The Morgan fingerprint density at radius 3 is 2.74 bits per heavy atom. The first kappa shape index (κ1) is 19.7. The normalized spacial score (nSPS) is 14.6. The zero-order valence-electron chi connectivity index (χ0n) is 15.9. The summed E-state index contributed by atoms with van der Waals surface area (Å²) in [6, 6.07) is 8.39. The van der Waals surface area contributed by atoms with Crippen molar-refractivity contribution >= 4 is 17.7 Å². The first-order valence-corrected chi connectivity index (χ1v) is 10.5. The van der Waals surface area contributed by atoms with E-state index in [0.717, 1.165) is 30.2 Å². The van der Waals surface area contributed by atoms with Crippen molar-refractivity contribution in [2.75, 3.05) is 12.3 Å². The highest BCUT2D eigenvalue weighted by Gasteiger charge is 2.22. The number of tetrazole rings is 1. The molecule has 1 amide bonds. The molecule has 1 aromatic carbocycles. The number of carbonyl (C=O) groups is 1. The lowest BCUT2D eigenvalue weighted by atomic mass is 10.1. The van der Waals surface area contributed by atoms with Crippen LogP contribution in [0.3, 0.4) is 0 Å². The van der Waals surface area contributed by atoms with Crippen molar-refractivity contribution in [3.63, 3.8) is 0 Å². The molecule has 1 aromatic heterocycles. The molecule has 27 heavy (non-hydrogen) atoms. The molecule has 1 N–H and O–H groups in total. The van der Waals surface area contributed by atoms with Crippen LogP contribution < -0.4 is 10.1 Å². The van der Waals surface area contributed by atoms with Gasteiger partial charge in [-0.15, -0.1) is 5.10 Å². The minimum Gasteiger partial charge on any atom is -0.491 e. The molecule has 3 rings (SSSR count). The summed E-state index contributed by atoms with van der Waals surface area (Å²) >= 11 is 1.40. The van der Waals surface area contributed by atoms with E-state index in [9.17, 15) is 4.79 Å². The molecule has 146 valence electrons. The maximum Gasteiger partial charge on any atom is 0.230 e. The summed E-state index contributed by atoms with van der Waals surface area (Å²) in [6.45, 7) is 4.62. The van der Waals surface area contributed by atoms with Gasteiger partial charge in [-0.2, -0.15) is 0 Å². The van der Waals surface area contributed by atoms with E-state index in [1.807, 2.05) is 42.8 Å². The zero-order valence-corrected chi connectivity index (χ0v) is 16.7. The minimum atomic E-state index is 0.000679. The van der Waals surface area contributed by atoms with E-state index < -0.39 is 0 Å². The van der Waals surface area contributed by atoms with Gasteiger partial charge in [0.1, 0.15) is 5.75 Å². The Balaban J connectivity index is 1.38. The second-order valence-electron chi connectivity index (χ2n) is 7.04. The smallest absolute Gasteiger partial charge is 0.230 e. The van der Waals surface area contributed by atoms with Gasteiger partial charge in [-0.3, -0.25) is 4.79 Å². The highest BCUT2D eigenvalue weighted by molar-refractivity contribution is 7.99. The number of nitrogens with zero attached hydrogens (tertiary/aromatic N) is 4. The number of hydrogen-bond donors (Lipinski definition) is 1. The molecule has 1 heterocycles. The molecule has 1 aliphatic carbocycles. The van der Waals surface area contributed by atoms with E-state index >= 15 is 0 Å². The van der Waals surface area contributed by atoms with Crippen molar-refractivity contribution in [1.82, 2.24) is 25.5 Å². The fraction of sp³-hybridized carbons (Fsp3) is 0.579. The van der Waals surface area contributed by atoms with E-state index in [1.165, 1.54) is 30.2 Å². The zero-order chi connectivity index (χ0) is 19.1. The third kappa shape index (κ3) is 5.95.